The van der Waals surface area contributed by atoms with Gasteiger partial charge in [-0.25, -0.2) is 4.79 Å². The third kappa shape index (κ3) is 4.00. The van der Waals surface area contributed by atoms with Crippen molar-refractivity contribution < 1.29 is 9.53 Å². The smallest absolute Gasteiger partial charge is 0.407 e. The van der Waals surface area contributed by atoms with Gasteiger partial charge in [0.1, 0.15) is 10.6 Å². The topological polar surface area (TPSA) is 80.5 Å². The van der Waals surface area contributed by atoms with Gasteiger partial charge in [-0.1, -0.05) is 0 Å². The van der Waals surface area contributed by atoms with E-state index in [4.69, 9.17) is 10.5 Å². The number of nitrogens with two attached hydrogens (primary N) is 1. The maximum absolute atomic E-state index is 11.8. The van der Waals surface area contributed by atoms with Crippen molar-refractivity contribution in [3.63, 3.8) is 0 Å². The van der Waals surface area contributed by atoms with Crippen LogP contribution in [-0.4, -0.2) is 35.2 Å². The molecule has 0 aromatic carbocycles. The summed E-state index contributed by atoms with van der Waals surface area (Å²) in [6.45, 7) is 7.26. The summed E-state index contributed by atoms with van der Waals surface area (Å²) in [6, 6.07) is 0.0834. The van der Waals surface area contributed by atoms with Gasteiger partial charge in [-0.05, 0) is 45.1 Å². The molecular formula is C13H22N4O2S. The van der Waals surface area contributed by atoms with Crippen molar-refractivity contribution in [2.75, 3.05) is 23.7 Å². The fourth-order valence-corrected chi connectivity index (χ4v) is 2.94. The minimum Gasteiger partial charge on any atom is -0.444 e. The van der Waals surface area contributed by atoms with E-state index in [9.17, 15) is 4.79 Å². The SMILES string of the molecule is CC(C)(C)OC(=O)N[C@H]1CCCN(c2sncc2N)C1. The van der Waals surface area contributed by atoms with Gasteiger partial charge in [-0.2, -0.15) is 4.37 Å². The minimum absolute atomic E-state index is 0.0834. The number of hydrogen-bond acceptors (Lipinski definition) is 6. The number of anilines is 2. The molecule has 1 atom stereocenters. The number of ether oxygens (including phenoxy) is 1. The Labute approximate surface area is 123 Å². The lowest BCUT2D eigenvalue weighted by atomic mass is 10.1. The summed E-state index contributed by atoms with van der Waals surface area (Å²) in [5, 5.41) is 3.91. The van der Waals surface area contributed by atoms with Crippen LogP contribution in [0.5, 0.6) is 0 Å². The van der Waals surface area contributed by atoms with Gasteiger partial charge in [0.2, 0.25) is 0 Å². The maximum Gasteiger partial charge on any atom is 0.407 e. The highest BCUT2D eigenvalue weighted by atomic mass is 32.1. The monoisotopic (exact) mass is 298 g/mol. The first kappa shape index (κ1) is 14.9. The van der Waals surface area contributed by atoms with E-state index in [1.165, 1.54) is 11.5 Å². The Morgan fingerprint density at radius 1 is 1.60 bits per heavy atom. The Bertz CT molecular complexity index is 469. The van der Waals surface area contributed by atoms with Crippen molar-refractivity contribution >= 4 is 28.3 Å². The predicted octanol–water partition coefficient (Wildman–Crippen LogP) is 2.22. The number of amides is 1. The molecule has 1 aliphatic heterocycles. The summed E-state index contributed by atoms with van der Waals surface area (Å²) in [7, 11) is 0. The standard InChI is InChI=1S/C13H22N4O2S/c1-13(2,3)19-12(18)16-9-5-4-6-17(8-9)11-10(14)7-15-20-11/h7,9H,4-6,8,14H2,1-3H3,(H,16,18)/t9-/m0/s1. The molecule has 20 heavy (non-hydrogen) atoms. The largest absolute Gasteiger partial charge is 0.444 e. The number of carbonyl (C=O) groups is 1. The van der Waals surface area contributed by atoms with E-state index < -0.39 is 5.60 Å². The fourth-order valence-electron chi connectivity index (χ4n) is 2.23. The van der Waals surface area contributed by atoms with Crippen LogP contribution in [0.15, 0.2) is 6.20 Å². The molecule has 1 aromatic heterocycles. The summed E-state index contributed by atoms with van der Waals surface area (Å²) < 4.78 is 9.38. The van der Waals surface area contributed by atoms with Crippen LogP contribution in [0.1, 0.15) is 33.6 Å². The van der Waals surface area contributed by atoms with Crippen molar-refractivity contribution in [2.24, 2.45) is 0 Å². The van der Waals surface area contributed by atoms with Crippen molar-refractivity contribution in [3.8, 4) is 0 Å². The van der Waals surface area contributed by atoms with Crippen LogP contribution in [0.4, 0.5) is 15.5 Å². The Morgan fingerprint density at radius 2 is 2.35 bits per heavy atom. The number of carbonyl (C=O) groups excluding carboxylic acids is 1. The van der Waals surface area contributed by atoms with E-state index in [1.807, 2.05) is 20.8 Å². The van der Waals surface area contributed by atoms with Gasteiger partial charge < -0.3 is 20.7 Å². The lowest BCUT2D eigenvalue weighted by Gasteiger charge is -2.34. The van der Waals surface area contributed by atoms with E-state index in [0.717, 1.165) is 30.9 Å². The number of aromatic nitrogens is 1. The van der Waals surface area contributed by atoms with Gasteiger partial charge in [0.15, 0.2) is 0 Å². The number of alkyl carbamates (subject to hydrolysis) is 1. The molecule has 1 saturated heterocycles. The molecule has 7 heteroatoms. The highest BCUT2D eigenvalue weighted by Crippen LogP contribution is 2.29. The van der Waals surface area contributed by atoms with Gasteiger partial charge in [-0.15, -0.1) is 0 Å². The van der Waals surface area contributed by atoms with E-state index in [-0.39, 0.29) is 12.1 Å². The molecule has 1 aliphatic rings. The quantitative estimate of drug-likeness (QED) is 0.875. The zero-order chi connectivity index (χ0) is 14.8. The van der Waals surface area contributed by atoms with Crippen LogP contribution < -0.4 is 16.0 Å². The molecular weight excluding hydrogens is 276 g/mol. The molecule has 0 saturated carbocycles. The third-order valence-electron chi connectivity index (χ3n) is 3.01. The third-order valence-corrected chi connectivity index (χ3v) is 3.89. The number of rotatable bonds is 2. The first-order valence-electron chi connectivity index (χ1n) is 6.80. The van der Waals surface area contributed by atoms with E-state index in [0.29, 0.717) is 5.69 Å². The second-order valence-corrected chi connectivity index (χ2v) is 6.80. The average Bonchev–Trinajstić information content (AvgIpc) is 2.73. The van der Waals surface area contributed by atoms with Crippen LogP contribution in [0.2, 0.25) is 0 Å². The molecule has 0 spiro atoms. The molecule has 2 rings (SSSR count). The van der Waals surface area contributed by atoms with Crippen LogP contribution in [-0.2, 0) is 4.74 Å². The summed E-state index contributed by atoms with van der Waals surface area (Å²) in [6.07, 6.45) is 3.28. The zero-order valence-corrected chi connectivity index (χ0v) is 13.0. The Balaban J connectivity index is 1.91. The van der Waals surface area contributed by atoms with Crippen molar-refractivity contribution in [1.29, 1.82) is 0 Å². The van der Waals surface area contributed by atoms with Gasteiger partial charge >= 0.3 is 6.09 Å². The molecule has 1 fully saturated rings. The van der Waals surface area contributed by atoms with Gasteiger partial charge in [0, 0.05) is 19.1 Å². The predicted molar refractivity (Wildman–Crippen MR) is 81.1 cm³/mol. The van der Waals surface area contributed by atoms with Crippen LogP contribution >= 0.6 is 11.5 Å². The first-order chi connectivity index (χ1) is 9.35. The lowest BCUT2D eigenvalue weighted by molar-refractivity contribution is 0.0500. The second kappa shape index (κ2) is 5.87. The maximum atomic E-state index is 11.8. The van der Waals surface area contributed by atoms with Crippen molar-refractivity contribution in [3.05, 3.63) is 6.20 Å². The molecule has 112 valence electrons. The Hall–Kier alpha value is -1.50. The lowest BCUT2D eigenvalue weighted by Crippen LogP contribution is -2.49. The normalized spacial score (nSPS) is 19.8. The molecule has 0 radical (unpaired) electrons. The van der Waals surface area contributed by atoms with Crippen molar-refractivity contribution in [2.45, 2.75) is 45.3 Å². The van der Waals surface area contributed by atoms with Gasteiger partial charge in [-0.3, -0.25) is 0 Å². The molecule has 2 heterocycles. The number of nitrogens with zero attached hydrogens (tertiary/aromatic N) is 2. The number of nitrogens with one attached hydrogen (secondary N) is 1. The number of hydrogen-bond donors (Lipinski definition) is 2. The summed E-state index contributed by atoms with van der Waals surface area (Å²) in [4.78, 5) is 14.0. The van der Waals surface area contributed by atoms with E-state index in [1.54, 1.807) is 6.20 Å². The Kier molecular flexibility index (Phi) is 4.37. The summed E-state index contributed by atoms with van der Waals surface area (Å²) >= 11 is 1.39. The molecule has 1 aromatic rings. The van der Waals surface area contributed by atoms with Gasteiger partial charge in [0.05, 0.1) is 11.9 Å². The molecule has 0 bridgehead atoms. The number of piperidine rings is 1. The van der Waals surface area contributed by atoms with Crippen LogP contribution in [0.25, 0.3) is 0 Å². The molecule has 1 amide bonds. The Morgan fingerprint density at radius 3 is 2.95 bits per heavy atom. The van der Waals surface area contributed by atoms with E-state index in [2.05, 4.69) is 14.6 Å². The molecule has 0 aliphatic carbocycles. The van der Waals surface area contributed by atoms with Crippen LogP contribution in [0.3, 0.4) is 0 Å². The molecule has 6 nitrogen and oxygen atoms in total. The van der Waals surface area contributed by atoms with Gasteiger partial charge in [0.25, 0.3) is 0 Å². The average molecular weight is 298 g/mol. The zero-order valence-electron chi connectivity index (χ0n) is 12.2. The van der Waals surface area contributed by atoms with Crippen molar-refractivity contribution in [1.82, 2.24) is 9.69 Å². The summed E-state index contributed by atoms with van der Waals surface area (Å²) in [5.74, 6) is 0. The van der Waals surface area contributed by atoms with E-state index >= 15 is 0 Å². The minimum atomic E-state index is -0.472. The summed E-state index contributed by atoms with van der Waals surface area (Å²) in [5.41, 5.74) is 6.13. The molecule has 3 N–H and O–H groups in total. The fraction of sp³-hybridized carbons (Fsp3) is 0.692. The first-order valence-corrected chi connectivity index (χ1v) is 7.57. The highest BCUT2D eigenvalue weighted by molar-refractivity contribution is 7.10. The van der Waals surface area contributed by atoms with Crippen LogP contribution in [0, 0.1) is 0 Å². The highest BCUT2D eigenvalue weighted by Gasteiger charge is 2.25. The number of nitrogen functional groups attached to an aromatic ring is 1. The second-order valence-electron chi connectivity index (χ2n) is 6.02. The molecule has 0 unspecified atom stereocenters.